The molecule has 0 radical (unpaired) electrons. The highest BCUT2D eigenvalue weighted by Crippen LogP contribution is 2.24. The van der Waals surface area contributed by atoms with Gasteiger partial charge < -0.3 is 4.90 Å². The van der Waals surface area contributed by atoms with E-state index >= 15 is 0 Å². The molecule has 0 aliphatic rings. The van der Waals surface area contributed by atoms with Gasteiger partial charge in [0.15, 0.2) is 12.5 Å². The van der Waals surface area contributed by atoms with Gasteiger partial charge in [0.05, 0.1) is 43.8 Å². The van der Waals surface area contributed by atoms with E-state index in [9.17, 15) is 8.78 Å². The fourth-order valence-corrected chi connectivity index (χ4v) is 3.42. The van der Waals surface area contributed by atoms with Gasteiger partial charge in [-0.25, -0.2) is 8.78 Å². The van der Waals surface area contributed by atoms with Crippen LogP contribution in [0.25, 0.3) is 17.1 Å². The smallest absolute Gasteiger partial charge is 0.207 e. The first-order valence-corrected chi connectivity index (χ1v) is 9.74. The molecule has 0 aliphatic heterocycles. The van der Waals surface area contributed by atoms with E-state index in [4.69, 9.17) is 22.7 Å². The summed E-state index contributed by atoms with van der Waals surface area (Å²) in [7, 11) is 0. The molecule has 1 heterocycles. The third kappa shape index (κ3) is 4.77. The Morgan fingerprint density at radius 1 is 1.00 bits per heavy atom. The summed E-state index contributed by atoms with van der Waals surface area (Å²) in [5.41, 5.74) is 0.823. The molecule has 0 fully saturated rings. The van der Waals surface area contributed by atoms with Crippen molar-refractivity contribution in [2.45, 2.75) is 19.5 Å². The average molecular weight is 425 g/mol. The van der Waals surface area contributed by atoms with E-state index in [1.54, 1.807) is 4.68 Å². The van der Waals surface area contributed by atoms with E-state index in [1.165, 1.54) is 16.7 Å². The molecule has 0 aliphatic carbocycles. The van der Waals surface area contributed by atoms with E-state index in [1.807, 2.05) is 30.3 Å². The summed E-state index contributed by atoms with van der Waals surface area (Å²) in [4.78, 5) is 0.957. The van der Waals surface area contributed by atoms with Crippen LogP contribution in [0, 0.1) is 39.1 Å². The van der Waals surface area contributed by atoms with Gasteiger partial charge in [0.2, 0.25) is 4.77 Å². The van der Waals surface area contributed by atoms with Gasteiger partial charge in [-0.1, -0.05) is 30.3 Å². The van der Waals surface area contributed by atoms with E-state index in [0.717, 1.165) is 16.5 Å². The molecule has 1 N–H and O–H groups in total. The van der Waals surface area contributed by atoms with Gasteiger partial charge >= 0.3 is 0 Å². The average Bonchev–Trinajstić information content (AvgIpc) is 3.06. The van der Waals surface area contributed by atoms with Crippen molar-refractivity contribution in [3.8, 4) is 29.2 Å². The summed E-state index contributed by atoms with van der Waals surface area (Å²) in [6.45, 7) is 1.37. The molecule has 0 bridgehead atoms. The van der Waals surface area contributed by atoms with Crippen molar-refractivity contribution >= 4 is 12.2 Å². The molecule has 0 unspecified atom stereocenters. The van der Waals surface area contributed by atoms with Crippen molar-refractivity contribution in [2.24, 2.45) is 0 Å². The SMILES string of the molecule is N#CCC[NH+](CCC#N)Cn1nc(-c2ccccc2)n(-c2ccc(F)cc2F)c1=S. The first-order chi connectivity index (χ1) is 14.5. The van der Waals surface area contributed by atoms with Crippen molar-refractivity contribution in [3.05, 3.63) is 64.9 Å². The summed E-state index contributed by atoms with van der Waals surface area (Å²) in [6.07, 6.45) is 0.653. The van der Waals surface area contributed by atoms with E-state index in [-0.39, 0.29) is 10.5 Å². The monoisotopic (exact) mass is 425 g/mol. The van der Waals surface area contributed by atoms with Crippen molar-refractivity contribution in [3.63, 3.8) is 0 Å². The summed E-state index contributed by atoms with van der Waals surface area (Å²) >= 11 is 5.59. The molecule has 0 saturated heterocycles. The van der Waals surface area contributed by atoms with Crippen LogP contribution in [0.5, 0.6) is 0 Å². The fraction of sp³-hybridized carbons (Fsp3) is 0.238. The molecule has 0 spiro atoms. The van der Waals surface area contributed by atoms with Crippen LogP contribution in [-0.4, -0.2) is 27.4 Å². The molecule has 3 rings (SSSR count). The summed E-state index contributed by atoms with van der Waals surface area (Å²) in [6, 6.07) is 16.7. The zero-order chi connectivity index (χ0) is 21.5. The van der Waals surface area contributed by atoms with Crippen molar-refractivity contribution < 1.29 is 13.7 Å². The lowest BCUT2D eigenvalue weighted by molar-refractivity contribution is -0.922. The molecule has 1 aromatic heterocycles. The van der Waals surface area contributed by atoms with E-state index in [0.29, 0.717) is 38.4 Å². The molecule has 3 aromatic rings. The maximum absolute atomic E-state index is 14.6. The number of rotatable bonds is 8. The first-order valence-electron chi connectivity index (χ1n) is 9.33. The predicted octanol–water partition coefficient (Wildman–Crippen LogP) is 3.02. The lowest BCUT2D eigenvalue weighted by Gasteiger charge is -2.16. The van der Waals surface area contributed by atoms with Crippen LogP contribution in [-0.2, 0) is 6.67 Å². The van der Waals surface area contributed by atoms with Crippen molar-refractivity contribution in [2.75, 3.05) is 13.1 Å². The Kier molecular flexibility index (Phi) is 7.02. The van der Waals surface area contributed by atoms with E-state index in [2.05, 4.69) is 17.2 Å². The van der Waals surface area contributed by atoms with Gasteiger partial charge in [0.1, 0.15) is 11.6 Å². The number of nitriles is 2. The molecular formula is C21H19F2N6S+. The van der Waals surface area contributed by atoms with Crippen LogP contribution < -0.4 is 4.90 Å². The second-order valence-corrected chi connectivity index (χ2v) is 6.99. The summed E-state index contributed by atoms with van der Waals surface area (Å²) in [5, 5.41) is 22.4. The Labute approximate surface area is 177 Å². The highest BCUT2D eigenvalue weighted by Gasteiger charge is 2.20. The van der Waals surface area contributed by atoms with Crippen LogP contribution in [0.2, 0.25) is 0 Å². The standard InChI is InChI=1S/C21H18F2N6S/c22-17-8-9-19(18(23)14-17)29-20(16-6-2-1-3-7-16)26-28(21(29)30)15-27(12-4-10-24)13-5-11-25/h1-3,6-9,14H,4-5,12-13,15H2/p+1. The van der Waals surface area contributed by atoms with Gasteiger partial charge in [-0.05, 0) is 24.4 Å². The van der Waals surface area contributed by atoms with Crippen LogP contribution in [0.4, 0.5) is 8.78 Å². The molecule has 6 nitrogen and oxygen atoms in total. The number of nitrogens with zero attached hydrogens (tertiary/aromatic N) is 5. The Morgan fingerprint density at radius 2 is 1.67 bits per heavy atom. The molecule has 30 heavy (non-hydrogen) atoms. The molecule has 0 saturated carbocycles. The normalized spacial score (nSPS) is 10.7. The van der Waals surface area contributed by atoms with Crippen LogP contribution >= 0.6 is 12.2 Å². The second kappa shape index (κ2) is 9.88. The molecule has 0 amide bonds. The Hall–Kier alpha value is -3.40. The molecule has 2 aromatic carbocycles. The first kappa shape index (κ1) is 21.3. The number of hydrogen-bond acceptors (Lipinski definition) is 4. The largest absolute Gasteiger partial charge is 0.315 e. The number of quaternary nitrogens is 1. The minimum absolute atomic E-state index is 0.0992. The third-order valence-corrected chi connectivity index (χ3v) is 4.97. The number of nitrogens with one attached hydrogen (secondary N) is 1. The minimum atomic E-state index is -0.749. The van der Waals surface area contributed by atoms with Gasteiger partial charge in [-0.15, -0.1) is 5.10 Å². The molecular weight excluding hydrogens is 406 g/mol. The minimum Gasteiger partial charge on any atom is -0.315 e. The highest BCUT2D eigenvalue weighted by atomic mass is 32.1. The Morgan fingerprint density at radius 3 is 2.27 bits per heavy atom. The number of hydrogen-bond donors (Lipinski definition) is 1. The van der Waals surface area contributed by atoms with Gasteiger partial charge in [-0.2, -0.15) is 15.2 Å². The second-order valence-electron chi connectivity index (χ2n) is 6.63. The van der Waals surface area contributed by atoms with Crippen LogP contribution in [0.3, 0.4) is 0 Å². The summed E-state index contributed by atoms with van der Waals surface area (Å²) in [5.74, 6) is -1.01. The molecule has 0 atom stereocenters. The van der Waals surface area contributed by atoms with Crippen molar-refractivity contribution in [1.82, 2.24) is 14.3 Å². The number of benzene rings is 2. The Bertz CT molecular complexity index is 1140. The highest BCUT2D eigenvalue weighted by molar-refractivity contribution is 7.71. The van der Waals surface area contributed by atoms with Gasteiger partial charge in [0.25, 0.3) is 0 Å². The van der Waals surface area contributed by atoms with Crippen LogP contribution in [0.1, 0.15) is 12.8 Å². The zero-order valence-electron chi connectivity index (χ0n) is 16.1. The topological polar surface area (TPSA) is 74.8 Å². The van der Waals surface area contributed by atoms with Gasteiger partial charge in [0, 0.05) is 11.6 Å². The third-order valence-electron chi connectivity index (χ3n) is 4.58. The van der Waals surface area contributed by atoms with Gasteiger partial charge in [-0.3, -0.25) is 4.57 Å². The quantitative estimate of drug-likeness (QED) is 0.563. The fourth-order valence-electron chi connectivity index (χ4n) is 3.12. The predicted molar refractivity (Wildman–Crippen MR) is 109 cm³/mol. The molecule has 9 heteroatoms. The zero-order valence-corrected chi connectivity index (χ0v) is 16.9. The van der Waals surface area contributed by atoms with E-state index < -0.39 is 11.6 Å². The number of halogens is 2. The number of aromatic nitrogens is 3. The Balaban J connectivity index is 2.10. The maximum Gasteiger partial charge on any atom is 0.207 e. The van der Waals surface area contributed by atoms with Crippen molar-refractivity contribution in [1.29, 1.82) is 10.5 Å². The lowest BCUT2D eigenvalue weighted by Crippen LogP contribution is -3.11. The molecule has 152 valence electrons. The summed E-state index contributed by atoms with van der Waals surface area (Å²) < 4.78 is 31.3. The van der Waals surface area contributed by atoms with Crippen LogP contribution in [0.15, 0.2) is 48.5 Å². The maximum atomic E-state index is 14.6. The lowest BCUT2D eigenvalue weighted by atomic mass is 10.2.